The average Bonchev–Trinajstić information content (AvgIpc) is 3.25. The van der Waals surface area contributed by atoms with E-state index in [0.29, 0.717) is 28.8 Å². The van der Waals surface area contributed by atoms with E-state index in [9.17, 15) is 4.79 Å². The van der Waals surface area contributed by atoms with Crippen LogP contribution in [0.4, 0.5) is 0 Å². The summed E-state index contributed by atoms with van der Waals surface area (Å²) in [5.74, 6) is 2.69. The first kappa shape index (κ1) is 23.1. The molecule has 1 N–H and O–H groups in total. The fourth-order valence-corrected chi connectivity index (χ4v) is 3.71. The Kier molecular flexibility index (Phi) is 8.09. The maximum atomic E-state index is 12.3. The molecule has 0 fully saturated rings. The molecule has 32 heavy (non-hydrogen) atoms. The van der Waals surface area contributed by atoms with Gasteiger partial charge in [-0.15, -0.1) is 10.2 Å². The predicted molar refractivity (Wildman–Crippen MR) is 124 cm³/mol. The molecule has 168 valence electrons. The van der Waals surface area contributed by atoms with Gasteiger partial charge in [0.1, 0.15) is 17.2 Å². The first-order valence-corrected chi connectivity index (χ1v) is 10.8. The van der Waals surface area contributed by atoms with E-state index in [1.807, 2.05) is 35.8 Å². The smallest absolute Gasteiger partial charge is 0.250 e. The Hall–Kier alpha value is -3.53. The summed E-state index contributed by atoms with van der Waals surface area (Å²) in [6, 6.07) is 12.9. The lowest BCUT2D eigenvalue weighted by atomic mass is 10.2. The van der Waals surface area contributed by atoms with E-state index in [4.69, 9.17) is 14.2 Å². The number of thioether (sulfide) groups is 1. The fourth-order valence-electron chi connectivity index (χ4n) is 2.91. The minimum Gasteiger partial charge on any atom is -0.497 e. The number of nitrogens with zero attached hydrogens (tertiary/aromatic N) is 4. The molecule has 0 unspecified atom stereocenters. The molecule has 0 atom stereocenters. The van der Waals surface area contributed by atoms with Crippen molar-refractivity contribution >= 4 is 23.9 Å². The van der Waals surface area contributed by atoms with Crippen LogP contribution >= 0.6 is 11.8 Å². The lowest BCUT2D eigenvalue weighted by Gasteiger charge is -2.08. The van der Waals surface area contributed by atoms with Gasteiger partial charge in [-0.05, 0) is 49.4 Å². The van der Waals surface area contributed by atoms with Gasteiger partial charge in [0.05, 0.1) is 33.3 Å². The zero-order valence-corrected chi connectivity index (χ0v) is 19.2. The van der Waals surface area contributed by atoms with E-state index >= 15 is 0 Å². The van der Waals surface area contributed by atoms with Gasteiger partial charge in [0.2, 0.25) is 0 Å². The topological polar surface area (TPSA) is 99.9 Å². The summed E-state index contributed by atoms with van der Waals surface area (Å²) in [5.41, 5.74) is 4.13. The van der Waals surface area contributed by atoms with Crippen LogP contribution in [-0.2, 0) is 11.3 Å². The highest BCUT2D eigenvalue weighted by molar-refractivity contribution is 7.99. The van der Waals surface area contributed by atoms with E-state index in [-0.39, 0.29) is 11.7 Å². The molecule has 0 saturated heterocycles. The van der Waals surface area contributed by atoms with Gasteiger partial charge < -0.3 is 18.8 Å². The van der Waals surface area contributed by atoms with Crippen molar-refractivity contribution in [3.8, 4) is 28.6 Å². The highest BCUT2D eigenvalue weighted by Gasteiger charge is 2.14. The Labute approximate surface area is 190 Å². The maximum absolute atomic E-state index is 12.3. The lowest BCUT2D eigenvalue weighted by molar-refractivity contribution is -0.118. The second-order valence-corrected chi connectivity index (χ2v) is 7.41. The molecule has 2 aromatic carbocycles. The van der Waals surface area contributed by atoms with Crippen molar-refractivity contribution in [1.82, 2.24) is 20.2 Å². The van der Waals surface area contributed by atoms with Crippen molar-refractivity contribution in [2.24, 2.45) is 5.10 Å². The van der Waals surface area contributed by atoms with E-state index in [2.05, 4.69) is 20.7 Å². The minimum absolute atomic E-state index is 0.146. The molecule has 0 bridgehead atoms. The Morgan fingerprint density at radius 1 is 1.06 bits per heavy atom. The molecule has 10 heteroatoms. The predicted octanol–water partition coefficient (Wildman–Crippen LogP) is 3.23. The van der Waals surface area contributed by atoms with Crippen LogP contribution in [-0.4, -0.2) is 54.0 Å². The second kappa shape index (κ2) is 11.2. The SMILES string of the molecule is CCn1c(SCC(=O)N/N=C/c2cc(OC)ccc2OC)nnc1-c1ccc(OC)cc1. The number of rotatable bonds is 10. The third-order valence-corrected chi connectivity index (χ3v) is 5.51. The standard InChI is InChI=1S/C22H25N5O4S/c1-5-27-21(15-6-8-17(29-2)9-7-15)25-26-22(27)32-14-20(28)24-23-13-16-12-18(30-3)10-11-19(16)31-4/h6-13H,5,14H2,1-4H3,(H,24,28)/b23-13+. The van der Waals surface area contributed by atoms with Gasteiger partial charge in [0.25, 0.3) is 5.91 Å². The zero-order chi connectivity index (χ0) is 22.9. The third-order valence-electron chi connectivity index (χ3n) is 4.54. The highest BCUT2D eigenvalue weighted by atomic mass is 32.2. The van der Waals surface area contributed by atoms with Crippen LogP contribution in [0.1, 0.15) is 12.5 Å². The van der Waals surface area contributed by atoms with Gasteiger partial charge in [0.15, 0.2) is 11.0 Å². The highest BCUT2D eigenvalue weighted by Crippen LogP contribution is 2.25. The molecule has 0 aliphatic rings. The Morgan fingerprint density at radius 3 is 2.44 bits per heavy atom. The number of carbonyl (C=O) groups is 1. The summed E-state index contributed by atoms with van der Waals surface area (Å²) >= 11 is 1.30. The van der Waals surface area contributed by atoms with Gasteiger partial charge in [-0.2, -0.15) is 5.10 Å². The average molecular weight is 456 g/mol. The molecule has 0 aliphatic heterocycles. The second-order valence-electron chi connectivity index (χ2n) is 6.47. The van der Waals surface area contributed by atoms with Crippen LogP contribution in [0, 0.1) is 0 Å². The summed E-state index contributed by atoms with van der Waals surface area (Å²) < 4.78 is 17.7. The molecule has 1 aromatic heterocycles. The van der Waals surface area contributed by atoms with Gasteiger partial charge >= 0.3 is 0 Å². The molecule has 0 spiro atoms. The lowest BCUT2D eigenvalue weighted by Crippen LogP contribution is -2.20. The number of hydrogen-bond acceptors (Lipinski definition) is 8. The summed E-state index contributed by atoms with van der Waals surface area (Å²) in [5, 5.41) is 13.2. The van der Waals surface area contributed by atoms with Crippen molar-refractivity contribution in [2.45, 2.75) is 18.6 Å². The van der Waals surface area contributed by atoms with Crippen molar-refractivity contribution in [2.75, 3.05) is 27.1 Å². The Bertz CT molecular complexity index is 1080. The summed E-state index contributed by atoms with van der Waals surface area (Å²) in [6.45, 7) is 2.68. The number of nitrogens with one attached hydrogen (secondary N) is 1. The first-order valence-electron chi connectivity index (χ1n) is 9.84. The van der Waals surface area contributed by atoms with E-state index in [1.54, 1.807) is 39.5 Å². The molecule has 1 heterocycles. The molecule has 0 saturated carbocycles. The summed E-state index contributed by atoms with van der Waals surface area (Å²) in [7, 11) is 4.77. The normalized spacial score (nSPS) is 10.9. The molecular weight excluding hydrogens is 430 g/mol. The maximum Gasteiger partial charge on any atom is 0.250 e. The number of methoxy groups -OCH3 is 3. The largest absolute Gasteiger partial charge is 0.497 e. The van der Waals surface area contributed by atoms with Gasteiger partial charge in [-0.3, -0.25) is 4.79 Å². The number of amides is 1. The molecule has 9 nitrogen and oxygen atoms in total. The molecule has 0 radical (unpaired) electrons. The van der Waals surface area contributed by atoms with Crippen molar-refractivity contribution in [1.29, 1.82) is 0 Å². The first-order chi connectivity index (χ1) is 15.6. The molecule has 1 amide bonds. The molecule has 3 aromatic rings. The number of benzene rings is 2. The Morgan fingerprint density at radius 2 is 1.78 bits per heavy atom. The molecule has 3 rings (SSSR count). The van der Waals surface area contributed by atoms with Crippen LogP contribution in [0.15, 0.2) is 52.7 Å². The van der Waals surface area contributed by atoms with Crippen molar-refractivity contribution in [3.63, 3.8) is 0 Å². The molecule has 0 aliphatic carbocycles. The monoisotopic (exact) mass is 455 g/mol. The van der Waals surface area contributed by atoms with E-state index < -0.39 is 0 Å². The van der Waals surface area contributed by atoms with Crippen LogP contribution in [0.2, 0.25) is 0 Å². The van der Waals surface area contributed by atoms with Gasteiger partial charge in [0, 0.05) is 17.7 Å². The van der Waals surface area contributed by atoms with E-state index in [1.165, 1.54) is 18.0 Å². The van der Waals surface area contributed by atoms with Gasteiger partial charge in [-0.1, -0.05) is 11.8 Å². The minimum atomic E-state index is -0.259. The fraction of sp³-hybridized carbons (Fsp3) is 0.273. The van der Waals surface area contributed by atoms with Crippen LogP contribution in [0.25, 0.3) is 11.4 Å². The van der Waals surface area contributed by atoms with E-state index in [0.717, 1.165) is 17.1 Å². The van der Waals surface area contributed by atoms with Crippen LogP contribution < -0.4 is 19.6 Å². The van der Waals surface area contributed by atoms with Gasteiger partial charge in [-0.25, -0.2) is 5.43 Å². The number of carbonyl (C=O) groups excluding carboxylic acids is 1. The molecular formula is C22H25N5O4S. The van der Waals surface area contributed by atoms with Crippen molar-refractivity contribution < 1.29 is 19.0 Å². The third kappa shape index (κ3) is 5.58. The summed E-state index contributed by atoms with van der Waals surface area (Å²) in [6.07, 6.45) is 1.51. The number of hydrazone groups is 1. The quantitative estimate of drug-likeness (QED) is 0.285. The zero-order valence-electron chi connectivity index (χ0n) is 18.4. The number of aromatic nitrogens is 3. The summed E-state index contributed by atoms with van der Waals surface area (Å²) in [4.78, 5) is 12.3. The van der Waals surface area contributed by atoms with Crippen LogP contribution in [0.3, 0.4) is 0 Å². The van der Waals surface area contributed by atoms with Crippen molar-refractivity contribution in [3.05, 3.63) is 48.0 Å². The number of ether oxygens (including phenoxy) is 3. The Balaban J connectivity index is 1.61. The number of hydrogen-bond donors (Lipinski definition) is 1. The van der Waals surface area contributed by atoms with Crippen LogP contribution in [0.5, 0.6) is 17.2 Å².